The number of carbonyl (C=O) groups excluding carboxylic acids is 2. The zero-order valence-electron chi connectivity index (χ0n) is 5.54. The predicted molar refractivity (Wildman–Crippen MR) is 33.3 cm³/mol. The molecule has 1 aliphatic heterocycles. The van der Waals surface area contributed by atoms with E-state index in [9.17, 15) is 9.59 Å². The summed E-state index contributed by atoms with van der Waals surface area (Å²) in [4.78, 5) is 22.8. The Labute approximate surface area is 58.4 Å². The summed E-state index contributed by atoms with van der Waals surface area (Å²) in [7, 11) is 0. The minimum absolute atomic E-state index is 0.0787. The lowest BCUT2D eigenvalue weighted by molar-refractivity contribution is -0.140. The summed E-state index contributed by atoms with van der Waals surface area (Å²) >= 11 is 0. The fourth-order valence-corrected chi connectivity index (χ4v) is 0.890. The van der Waals surface area contributed by atoms with E-state index in [0.29, 0.717) is 6.54 Å². The standard InChI is InChI=1S/C6H9NO3/c8-4-7-2-1-5(9)6(10)3-7/h8H,1-4H2. The lowest BCUT2D eigenvalue weighted by Gasteiger charge is -2.21. The number of aliphatic hydroxyl groups excluding tert-OH is 1. The summed E-state index contributed by atoms with van der Waals surface area (Å²) in [5.41, 5.74) is 0. The highest BCUT2D eigenvalue weighted by atomic mass is 16.3. The maximum absolute atomic E-state index is 10.7. The first kappa shape index (κ1) is 7.37. The maximum Gasteiger partial charge on any atom is 0.212 e. The zero-order valence-corrected chi connectivity index (χ0v) is 5.54. The van der Waals surface area contributed by atoms with Gasteiger partial charge in [0.15, 0.2) is 0 Å². The van der Waals surface area contributed by atoms with Crippen LogP contribution in [-0.4, -0.2) is 41.4 Å². The van der Waals surface area contributed by atoms with Crippen LogP contribution in [0.2, 0.25) is 0 Å². The Morgan fingerprint density at radius 2 is 2.10 bits per heavy atom. The van der Waals surface area contributed by atoms with Gasteiger partial charge in [0.25, 0.3) is 0 Å². The molecule has 0 aliphatic carbocycles. The third kappa shape index (κ3) is 1.40. The van der Waals surface area contributed by atoms with Crippen molar-refractivity contribution in [1.82, 2.24) is 4.90 Å². The molecular formula is C6H9NO3. The van der Waals surface area contributed by atoms with Crippen LogP contribution in [0.5, 0.6) is 0 Å². The predicted octanol–water partition coefficient (Wildman–Crippen LogP) is -1.22. The SMILES string of the molecule is O=C1CCN(CO)CC1=O. The van der Waals surface area contributed by atoms with Gasteiger partial charge in [0.2, 0.25) is 11.6 Å². The molecule has 0 spiro atoms. The molecule has 1 saturated heterocycles. The van der Waals surface area contributed by atoms with Gasteiger partial charge in [-0.25, -0.2) is 0 Å². The summed E-state index contributed by atoms with van der Waals surface area (Å²) in [5.74, 6) is -0.704. The van der Waals surface area contributed by atoms with Gasteiger partial charge in [-0.05, 0) is 0 Å². The van der Waals surface area contributed by atoms with Gasteiger partial charge in [-0.1, -0.05) is 0 Å². The average molecular weight is 143 g/mol. The highest BCUT2D eigenvalue weighted by molar-refractivity contribution is 6.38. The van der Waals surface area contributed by atoms with Crippen molar-refractivity contribution in [2.45, 2.75) is 6.42 Å². The van der Waals surface area contributed by atoms with E-state index in [1.165, 1.54) is 4.90 Å². The Morgan fingerprint density at radius 1 is 1.40 bits per heavy atom. The molecule has 56 valence electrons. The molecule has 4 heteroatoms. The van der Waals surface area contributed by atoms with Gasteiger partial charge in [-0.15, -0.1) is 0 Å². The van der Waals surface area contributed by atoms with Gasteiger partial charge in [-0.2, -0.15) is 0 Å². The molecule has 0 aromatic carbocycles. The van der Waals surface area contributed by atoms with Crippen LogP contribution in [0, 0.1) is 0 Å². The molecule has 0 saturated carbocycles. The molecule has 1 heterocycles. The number of hydrogen-bond acceptors (Lipinski definition) is 4. The van der Waals surface area contributed by atoms with Gasteiger partial charge in [0.05, 0.1) is 13.3 Å². The first-order valence-corrected chi connectivity index (χ1v) is 3.13. The van der Waals surface area contributed by atoms with E-state index in [1.807, 2.05) is 0 Å². The van der Waals surface area contributed by atoms with E-state index in [0.717, 1.165) is 0 Å². The van der Waals surface area contributed by atoms with Crippen molar-refractivity contribution in [2.24, 2.45) is 0 Å². The van der Waals surface area contributed by atoms with Gasteiger partial charge in [0.1, 0.15) is 0 Å². The number of likely N-dealkylation sites (tertiary alicyclic amines) is 1. The van der Waals surface area contributed by atoms with E-state index < -0.39 is 0 Å². The van der Waals surface area contributed by atoms with E-state index in [2.05, 4.69) is 0 Å². The maximum atomic E-state index is 10.7. The minimum Gasteiger partial charge on any atom is -0.381 e. The molecule has 4 nitrogen and oxygen atoms in total. The second kappa shape index (κ2) is 2.90. The van der Waals surface area contributed by atoms with Crippen LogP contribution >= 0.6 is 0 Å². The van der Waals surface area contributed by atoms with Gasteiger partial charge < -0.3 is 5.11 Å². The number of ketones is 2. The number of carbonyl (C=O) groups is 2. The molecule has 0 amide bonds. The van der Waals surface area contributed by atoms with E-state index in [-0.39, 0.29) is 31.3 Å². The Kier molecular flexibility index (Phi) is 2.13. The first-order chi connectivity index (χ1) is 4.74. The lowest BCUT2D eigenvalue weighted by Crippen LogP contribution is -2.41. The molecule has 1 aliphatic rings. The lowest BCUT2D eigenvalue weighted by atomic mass is 10.1. The number of hydrogen-bond donors (Lipinski definition) is 1. The van der Waals surface area contributed by atoms with E-state index in [4.69, 9.17) is 5.11 Å². The largest absolute Gasteiger partial charge is 0.381 e. The fraction of sp³-hybridized carbons (Fsp3) is 0.667. The molecule has 0 radical (unpaired) electrons. The number of rotatable bonds is 1. The highest BCUT2D eigenvalue weighted by Gasteiger charge is 2.23. The number of Topliss-reactive ketones (excluding diaryl/α,β-unsaturated/α-hetero) is 2. The van der Waals surface area contributed by atoms with Crippen molar-refractivity contribution in [3.05, 3.63) is 0 Å². The number of aliphatic hydroxyl groups is 1. The Hall–Kier alpha value is -0.740. The quantitative estimate of drug-likeness (QED) is 0.467. The van der Waals surface area contributed by atoms with Crippen LogP contribution < -0.4 is 0 Å². The molecule has 1 fully saturated rings. The molecule has 0 bridgehead atoms. The van der Waals surface area contributed by atoms with E-state index >= 15 is 0 Å². The second-order valence-corrected chi connectivity index (χ2v) is 2.29. The normalized spacial score (nSPS) is 21.7. The Balaban J connectivity index is 2.48. The minimum atomic E-state index is -0.389. The van der Waals surface area contributed by atoms with Crippen LogP contribution in [0.1, 0.15) is 6.42 Å². The van der Waals surface area contributed by atoms with Gasteiger partial charge >= 0.3 is 0 Å². The molecule has 0 aromatic heterocycles. The van der Waals surface area contributed by atoms with Crippen molar-refractivity contribution < 1.29 is 14.7 Å². The summed E-state index contributed by atoms with van der Waals surface area (Å²) in [6, 6.07) is 0. The average Bonchev–Trinajstić information content (AvgIpc) is 1.95. The molecule has 0 aromatic rings. The highest BCUT2D eigenvalue weighted by Crippen LogP contribution is 2.00. The third-order valence-electron chi connectivity index (χ3n) is 1.53. The van der Waals surface area contributed by atoms with Crippen molar-refractivity contribution in [2.75, 3.05) is 19.8 Å². The van der Waals surface area contributed by atoms with Crippen LogP contribution in [0.25, 0.3) is 0 Å². The van der Waals surface area contributed by atoms with Crippen molar-refractivity contribution >= 4 is 11.6 Å². The van der Waals surface area contributed by atoms with Crippen LogP contribution in [0.15, 0.2) is 0 Å². The first-order valence-electron chi connectivity index (χ1n) is 3.13. The van der Waals surface area contributed by atoms with Crippen LogP contribution in [0.3, 0.4) is 0 Å². The summed E-state index contributed by atoms with van der Waals surface area (Å²) in [5, 5.41) is 8.56. The van der Waals surface area contributed by atoms with Crippen molar-refractivity contribution in [1.29, 1.82) is 0 Å². The molecule has 0 unspecified atom stereocenters. The third-order valence-corrected chi connectivity index (χ3v) is 1.53. The number of piperidine rings is 1. The summed E-state index contributed by atoms with van der Waals surface area (Å²) in [6.45, 7) is 0.440. The smallest absolute Gasteiger partial charge is 0.212 e. The second-order valence-electron chi connectivity index (χ2n) is 2.29. The zero-order chi connectivity index (χ0) is 7.56. The van der Waals surface area contributed by atoms with Crippen LogP contribution in [-0.2, 0) is 9.59 Å². The Morgan fingerprint density at radius 3 is 2.60 bits per heavy atom. The van der Waals surface area contributed by atoms with Crippen molar-refractivity contribution in [3.8, 4) is 0 Å². The fourth-order valence-electron chi connectivity index (χ4n) is 0.890. The van der Waals surface area contributed by atoms with Gasteiger partial charge in [0, 0.05) is 13.0 Å². The Bertz CT molecular complexity index is 166. The molecule has 1 rings (SSSR count). The summed E-state index contributed by atoms with van der Waals surface area (Å²) < 4.78 is 0. The van der Waals surface area contributed by atoms with E-state index in [1.54, 1.807) is 0 Å². The molecule has 1 N–H and O–H groups in total. The van der Waals surface area contributed by atoms with Crippen molar-refractivity contribution in [3.63, 3.8) is 0 Å². The van der Waals surface area contributed by atoms with Crippen LogP contribution in [0.4, 0.5) is 0 Å². The molecular weight excluding hydrogens is 134 g/mol. The number of nitrogens with zero attached hydrogens (tertiary/aromatic N) is 1. The topological polar surface area (TPSA) is 57.6 Å². The molecule has 10 heavy (non-hydrogen) atoms. The molecule has 0 atom stereocenters. The van der Waals surface area contributed by atoms with Gasteiger partial charge in [-0.3, -0.25) is 14.5 Å². The summed E-state index contributed by atoms with van der Waals surface area (Å²) in [6.07, 6.45) is 0.249. The monoisotopic (exact) mass is 143 g/mol.